The summed E-state index contributed by atoms with van der Waals surface area (Å²) >= 11 is 0. The van der Waals surface area contributed by atoms with E-state index >= 15 is 0 Å². The van der Waals surface area contributed by atoms with Crippen molar-refractivity contribution in [2.45, 2.75) is 26.7 Å². The second-order valence-electron chi connectivity index (χ2n) is 4.71. The summed E-state index contributed by atoms with van der Waals surface area (Å²) < 4.78 is 11.0. The number of nitrogens with zero attached hydrogens (tertiary/aromatic N) is 2. The Morgan fingerprint density at radius 2 is 2.15 bits per heavy atom. The van der Waals surface area contributed by atoms with Crippen molar-refractivity contribution in [1.29, 1.82) is 0 Å². The Hall–Kier alpha value is -1.50. The number of rotatable bonds is 7. The van der Waals surface area contributed by atoms with E-state index in [-0.39, 0.29) is 11.8 Å². The minimum atomic E-state index is -0.922. The normalized spacial score (nSPS) is 12.2. The molecule has 0 radical (unpaired) electrons. The van der Waals surface area contributed by atoms with Gasteiger partial charge in [0.25, 0.3) is 5.91 Å². The van der Waals surface area contributed by atoms with Gasteiger partial charge in [0.15, 0.2) is 5.69 Å². The van der Waals surface area contributed by atoms with Crippen molar-refractivity contribution >= 4 is 22.4 Å². The molecule has 0 saturated heterocycles. The molecule has 0 aliphatic rings. The maximum absolute atomic E-state index is 12.2. The zero-order chi connectivity index (χ0) is 15.1. The number of nitrogens with one attached hydrogen (secondary N) is 2. The van der Waals surface area contributed by atoms with Gasteiger partial charge in [-0.25, -0.2) is 9.97 Å². The zero-order valence-corrected chi connectivity index (χ0v) is 13.2. The van der Waals surface area contributed by atoms with Gasteiger partial charge in [-0.1, -0.05) is 13.8 Å². The van der Waals surface area contributed by atoms with Crippen LogP contribution in [0.1, 0.15) is 43.0 Å². The second-order valence-corrected chi connectivity index (χ2v) is 6.26. The Morgan fingerprint density at radius 1 is 1.45 bits per heavy atom. The highest BCUT2D eigenvalue weighted by atomic mass is 32.2. The van der Waals surface area contributed by atoms with E-state index < -0.39 is 10.8 Å². The van der Waals surface area contributed by atoms with Gasteiger partial charge in [0.2, 0.25) is 0 Å². The maximum Gasteiger partial charge on any atom is 0.272 e. The lowest BCUT2D eigenvalue weighted by molar-refractivity contribution is 0.0951. The molecule has 1 aromatic rings. The van der Waals surface area contributed by atoms with Gasteiger partial charge in [-0.15, -0.1) is 0 Å². The van der Waals surface area contributed by atoms with E-state index in [2.05, 4.69) is 20.6 Å². The lowest BCUT2D eigenvalue weighted by atomic mass is 10.2. The highest BCUT2D eigenvalue weighted by molar-refractivity contribution is 7.84. The van der Waals surface area contributed by atoms with E-state index in [1.807, 2.05) is 20.8 Å². The van der Waals surface area contributed by atoms with Crippen LogP contribution in [0.3, 0.4) is 0 Å². The molecular formula is C13H22N4O2S. The highest BCUT2D eigenvalue weighted by Crippen LogP contribution is 2.16. The maximum atomic E-state index is 12.2. The van der Waals surface area contributed by atoms with Gasteiger partial charge < -0.3 is 10.6 Å². The predicted octanol–water partition coefficient (Wildman–Crippen LogP) is 1.14. The SMILES string of the molecule is CCNc1cnc(C(C)C)nc1C(=O)NCCS(C)=O. The summed E-state index contributed by atoms with van der Waals surface area (Å²) in [7, 11) is -0.922. The molecule has 0 aromatic carbocycles. The van der Waals surface area contributed by atoms with Crippen LogP contribution in [0, 0.1) is 0 Å². The summed E-state index contributed by atoms with van der Waals surface area (Å²) in [6, 6.07) is 0. The largest absolute Gasteiger partial charge is 0.382 e. The lowest BCUT2D eigenvalue weighted by Gasteiger charge is -2.12. The molecule has 0 saturated carbocycles. The summed E-state index contributed by atoms with van der Waals surface area (Å²) in [6.45, 7) is 6.95. The third-order valence-electron chi connectivity index (χ3n) is 2.58. The van der Waals surface area contributed by atoms with Gasteiger partial charge in [-0.3, -0.25) is 9.00 Å². The Balaban J connectivity index is 2.90. The molecule has 7 heteroatoms. The van der Waals surface area contributed by atoms with Gasteiger partial charge in [0, 0.05) is 41.8 Å². The standard InChI is InChI=1S/C13H22N4O2S/c1-5-14-10-8-16-12(9(2)3)17-11(10)13(18)15-6-7-20(4)19/h8-9,14H,5-7H2,1-4H3,(H,15,18). The van der Waals surface area contributed by atoms with E-state index in [1.165, 1.54) is 0 Å². The Labute approximate surface area is 122 Å². The molecule has 0 bridgehead atoms. The second kappa shape index (κ2) is 7.94. The van der Waals surface area contributed by atoms with Crippen molar-refractivity contribution in [2.24, 2.45) is 0 Å². The van der Waals surface area contributed by atoms with Crippen molar-refractivity contribution in [3.63, 3.8) is 0 Å². The fourth-order valence-corrected chi connectivity index (χ4v) is 1.95. The number of amides is 1. The van der Waals surface area contributed by atoms with Crippen LogP contribution < -0.4 is 10.6 Å². The molecule has 112 valence electrons. The molecule has 1 atom stereocenters. The molecule has 1 rings (SSSR count). The highest BCUT2D eigenvalue weighted by Gasteiger charge is 2.16. The first-order valence-electron chi connectivity index (χ1n) is 6.64. The van der Waals surface area contributed by atoms with Crippen molar-refractivity contribution in [2.75, 3.05) is 30.4 Å². The van der Waals surface area contributed by atoms with E-state index in [9.17, 15) is 9.00 Å². The van der Waals surface area contributed by atoms with E-state index in [0.29, 0.717) is 36.0 Å². The van der Waals surface area contributed by atoms with Crippen molar-refractivity contribution in [3.05, 3.63) is 17.7 Å². The van der Waals surface area contributed by atoms with Gasteiger partial charge in [0.1, 0.15) is 5.82 Å². The molecule has 1 unspecified atom stereocenters. The number of carbonyl (C=O) groups excluding carboxylic acids is 1. The number of carbonyl (C=O) groups is 1. The Bertz CT molecular complexity index is 491. The number of hydrogen-bond acceptors (Lipinski definition) is 5. The first kappa shape index (κ1) is 16.6. The molecule has 0 aliphatic heterocycles. The molecule has 0 fully saturated rings. The van der Waals surface area contributed by atoms with E-state index in [1.54, 1.807) is 12.5 Å². The molecule has 6 nitrogen and oxygen atoms in total. The third-order valence-corrected chi connectivity index (χ3v) is 3.36. The summed E-state index contributed by atoms with van der Waals surface area (Å²) in [5.74, 6) is 0.955. The molecule has 0 spiro atoms. The monoisotopic (exact) mass is 298 g/mol. The van der Waals surface area contributed by atoms with Gasteiger partial charge in [-0.05, 0) is 6.92 Å². The minimum Gasteiger partial charge on any atom is -0.382 e. The smallest absolute Gasteiger partial charge is 0.272 e. The number of hydrogen-bond donors (Lipinski definition) is 2. The minimum absolute atomic E-state index is 0.153. The van der Waals surface area contributed by atoms with E-state index in [4.69, 9.17) is 0 Å². The molecule has 1 heterocycles. The van der Waals surface area contributed by atoms with Crippen LogP contribution in [-0.4, -0.2) is 45.2 Å². The summed E-state index contributed by atoms with van der Waals surface area (Å²) in [6.07, 6.45) is 3.25. The molecule has 1 aromatic heterocycles. The lowest BCUT2D eigenvalue weighted by Crippen LogP contribution is -2.29. The van der Waals surface area contributed by atoms with Crippen molar-refractivity contribution in [1.82, 2.24) is 15.3 Å². The van der Waals surface area contributed by atoms with E-state index in [0.717, 1.165) is 0 Å². The van der Waals surface area contributed by atoms with Crippen molar-refractivity contribution in [3.8, 4) is 0 Å². The van der Waals surface area contributed by atoms with Crippen LogP contribution in [0.15, 0.2) is 6.20 Å². The first-order valence-corrected chi connectivity index (χ1v) is 8.37. The molecule has 0 aliphatic carbocycles. The van der Waals surface area contributed by atoms with Gasteiger partial charge in [-0.2, -0.15) is 0 Å². The molecule has 20 heavy (non-hydrogen) atoms. The molecular weight excluding hydrogens is 276 g/mol. The summed E-state index contributed by atoms with van der Waals surface area (Å²) in [4.78, 5) is 20.7. The quantitative estimate of drug-likeness (QED) is 0.788. The number of aromatic nitrogens is 2. The van der Waals surface area contributed by atoms with Crippen LogP contribution in [-0.2, 0) is 10.8 Å². The van der Waals surface area contributed by atoms with Gasteiger partial charge >= 0.3 is 0 Å². The Morgan fingerprint density at radius 3 is 2.70 bits per heavy atom. The predicted molar refractivity (Wildman–Crippen MR) is 81.6 cm³/mol. The fraction of sp³-hybridized carbons (Fsp3) is 0.615. The van der Waals surface area contributed by atoms with Gasteiger partial charge in [0.05, 0.1) is 11.9 Å². The fourth-order valence-electron chi connectivity index (χ4n) is 1.56. The van der Waals surface area contributed by atoms with Crippen LogP contribution in [0.5, 0.6) is 0 Å². The third kappa shape index (κ3) is 4.88. The summed E-state index contributed by atoms with van der Waals surface area (Å²) in [5, 5.41) is 5.81. The topological polar surface area (TPSA) is 84.0 Å². The van der Waals surface area contributed by atoms with Crippen LogP contribution >= 0.6 is 0 Å². The molecule has 2 N–H and O–H groups in total. The molecule has 1 amide bonds. The number of anilines is 1. The van der Waals surface area contributed by atoms with Crippen LogP contribution in [0.2, 0.25) is 0 Å². The van der Waals surface area contributed by atoms with Crippen LogP contribution in [0.25, 0.3) is 0 Å². The van der Waals surface area contributed by atoms with Crippen molar-refractivity contribution < 1.29 is 9.00 Å². The van der Waals surface area contributed by atoms with Crippen LogP contribution in [0.4, 0.5) is 5.69 Å². The Kier molecular flexibility index (Phi) is 6.57. The average Bonchev–Trinajstić information content (AvgIpc) is 2.38. The zero-order valence-electron chi connectivity index (χ0n) is 12.4. The average molecular weight is 298 g/mol. The first-order chi connectivity index (χ1) is 9.45. The summed E-state index contributed by atoms with van der Waals surface area (Å²) in [5.41, 5.74) is 0.958.